The Morgan fingerprint density at radius 2 is 1.29 bits per heavy atom. The highest BCUT2D eigenvalue weighted by atomic mass is 127. The lowest BCUT2D eigenvalue weighted by Crippen LogP contribution is -1.62. The Bertz CT molecular complexity index is 80.4. The van der Waals surface area contributed by atoms with Crippen molar-refractivity contribution in [1.29, 1.82) is 0 Å². The maximum absolute atomic E-state index is 3.73. The van der Waals surface area contributed by atoms with Crippen LogP contribution in [0.1, 0.15) is 0 Å². The second-order valence-electron chi connectivity index (χ2n) is 0.956. The third kappa shape index (κ3) is 9.01. The van der Waals surface area contributed by atoms with Gasteiger partial charge in [0.05, 0.1) is 0 Å². The maximum Gasteiger partial charge on any atom is -0.0133 e. The maximum atomic E-state index is 3.73. The Labute approximate surface area is 92.3 Å². The molecule has 0 nitrogen and oxygen atoms in total. The van der Waals surface area contributed by atoms with E-state index in [4.69, 9.17) is 0 Å². The molecular formula is C2H4I4S. The number of hydrogen-bond donors (Lipinski definition) is 1. The summed E-state index contributed by atoms with van der Waals surface area (Å²) in [6.07, 6.45) is 0. The molecule has 0 bridgehead atoms. The Morgan fingerprint density at radius 3 is 1.29 bits per heavy atom. The van der Waals surface area contributed by atoms with Gasteiger partial charge in [-0.25, -0.2) is 0 Å². The molecule has 0 unspecified atom stereocenters. The summed E-state index contributed by atoms with van der Waals surface area (Å²) in [7, 11) is 0. The van der Waals surface area contributed by atoms with Crippen molar-refractivity contribution < 1.29 is 0 Å². The molecule has 5 heteroatoms. The number of halogens is 4. The van der Waals surface area contributed by atoms with Gasteiger partial charge in [-0.1, -0.05) is 6.58 Å². The first-order valence-electron chi connectivity index (χ1n) is 1.34. The standard InChI is InChI=1S/C2H4I4S/c1-2-7(3,4,5)6/h2,7H,1H2. The fraction of sp³-hybridized carbons (Fsp3) is 0. The minimum Gasteiger partial charge on any atom is -0.101 e. The number of hydrogen-bond acceptors (Lipinski definition) is 0. The molecule has 0 aromatic rings. The van der Waals surface area contributed by atoms with Crippen molar-refractivity contribution in [3.63, 3.8) is 0 Å². The predicted octanol–water partition coefficient (Wildman–Crippen LogP) is 4.60. The van der Waals surface area contributed by atoms with Crippen LogP contribution in [-0.4, -0.2) is 0 Å². The molecule has 0 fully saturated rings. The Kier molecular flexibility index (Phi) is 4.21. The van der Waals surface area contributed by atoms with E-state index >= 15 is 0 Å². The van der Waals surface area contributed by atoms with Crippen LogP contribution < -0.4 is 0 Å². The van der Waals surface area contributed by atoms with Crippen molar-refractivity contribution in [1.82, 2.24) is 0 Å². The SMILES string of the molecule is C=C[SH](I)(I)(I)I. The van der Waals surface area contributed by atoms with E-state index in [0.29, 0.717) is 0 Å². The lowest BCUT2D eigenvalue weighted by molar-refractivity contribution is 2.69. The van der Waals surface area contributed by atoms with E-state index in [2.05, 4.69) is 91.4 Å². The zero-order chi connectivity index (χ0) is 6.15. The van der Waals surface area contributed by atoms with Gasteiger partial charge in [-0.3, -0.25) is 0 Å². The van der Waals surface area contributed by atoms with Gasteiger partial charge >= 0.3 is 0 Å². The molecule has 0 aliphatic heterocycles. The summed E-state index contributed by atoms with van der Waals surface area (Å²) < 4.78 is -1.43. The zero-order valence-corrected chi connectivity index (χ0v) is 12.8. The van der Waals surface area contributed by atoms with Gasteiger partial charge in [-0.15, -0.1) is -2.15 Å². The van der Waals surface area contributed by atoms with Crippen molar-refractivity contribution in [2.45, 2.75) is 0 Å². The van der Waals surface area contributed by atoms with Crippen LogP contribution in [0.5, 0.6) is 0 Å². The van der Waals surface area contributed by atoms with Crippen LogP contribution in [0.2, 0.25) is 0 Å². The van der Waals surface area contributed by atoms with E-state index in [9.17, 15) is 0 Å². The van der Waals surface area contributed by atoms with Crippen molar-refractivity contribution in [2.75, 3.05) is 0 Å². The van der Waals surface area contributed by atoms with E-state index in [1.54, 1.807) is 0 Å². The minimum absolute atomic E-state index is 1.43. The third-order valence-electron chi connectivity index (χ3n) is 0.276. The molecule has 0 aromatic carbocycles. The molecule has 0 saturated carbocycles. The molecule has 0 saturated heterocycles. The molecule has 7 heavy (non-hydrogen) atoms. The molecule has 0 aliphatic rings. The van der Waals surface area contributed by atoms with Crippen LogP contribution in [0.4, 0.5) is 0 Å². The third-order valence-corrected chi connectivity index (χ3v) is 5.55. The molecule has 0 N–H and O–H groups in total. The van der Waals surface area contributed by atoms with Gasteiger partial charge in [0, 0.05) is 0 Å². The Morgan fingerprint density at radius 1 is 1.14 bits per heavy atom. The normalized spacial score (nSPS) is 17.4. The predicted molar refractivity (Wildman–Crippen MR) is 75.3 cm³/mol. The summed E-state index contributed by atoms with van der Waals surface area (Å²) in [6.45, 7) is 3.73. The van der Waals surface area contributed by atoms with Crippen LogP contribution in [-0.2, 0) is 0 Å². The fourth-order valence-corrected chi connectivity index (χ4v) is 0. The topological polar surface area (TPSA) is 0 Å². The Hall–Kier alpha value is 3.01. The van der Waals surface area contributed by atoms with Gasteiger partial charge in [0.25, 0.3) is 0 Å². The summed E-state index contributed by atoms with van der Waals surface area (Å²) in [5.74, 6) is 0. The second kappa shape index (κ2) is 2.95. The van der Waals surface area contributed by atoms with Crippen LogP contribution in [0.15, 0.2) is 12.0 Å². The van der Waals surface area contributed by atoms with E-state index in [1.165, 1.54) is 0 Å². The quantitative estimate of drug-likeness (QED) is 0.348. The number of rotatable bonds is 1. The molecule has 0 amide bonds. The van der Waals surface area contributed by atoms with Crippen molar-refractivity contribution in [2.24, 2.45) is 0 Å². The summed E-state index contributed by atoms with van der Waals surface area (Å²) in [4.78, 5) is 0. The largest absolute Gasteiger partial charge is 0.101 e. The van der Waals surface area contributed by atoms with Crippen LogP contribution in [0.25, 0.3) is 0 Å². The minimum atomic E-state index is -1.43. The van der Waals surface area contributed by atoms with Crippen LogP contribution >= 0.6 is 82.7 Å². The van der Waals surface area contributed by atoms with Crippen molar-refractivity contribution >= 4 is 82.7 Å². The molecule has 0 spiro atoms. The smallest absolute Gasteiger partial charge is 0.0133 e. The van der Waals surface area contributed by atoms with Crippen molar-refractivity contribution in [3.8, 4) is 0 Å². The van der Waals surface area contributed by atoms with Crippen molar-refractivity contribution in [3.05, 3.63) is 12.0 Å². The highest BCUT2D eigenvalue weighted by Crippen LogP contribution is 2.96. The molecule has 46 valence electrons. The highest BCUT2D eigenvalue weighted by molar-refractivity contribution is 14.6. The summed E-state index contributed by atoms with van der Waals surface area (Å²) >= 11 is 9.79. The average molecular weight is 568 g/mol. The van der Waals surface area contributed by atoms with Gasteiger partial charge in [0.1, 0.15) is 0 Å². The first kappa shape index (κ1) is 10.0. The van der Waals surface area contributed by atoms with Crippen LogP contribution in [0, 0.1) is 0 Å². The molecule has 0 heterocycles. The average Bonchev–Trinajstić information content (AvgIpc) is 1.32. The molecule has 0 aromatic heterocycles. The highest BCUT2D eigenvalue weighted by Gasteiger charge is 2.20. The van der Waals surface area contributed by atoms with Gasteiger partial charge < -0.3 is 0 Å². The monoisotopic (exact) mass is 568 g/mol. The fourth-order valence-electron chi connectivity index (χ4n) is 0. The zero-order valence-electron chi connectivity index (χ0n) is 3.24. The van der Waals surface area contributed by atoms with Gasteiger partial charge in [0.2, 0.25) is 0 Å². The summed E-state index contributed by atoms with van der Waals surface area (Å²) in [5, 5.41) is 2.04. The van der Waals surface area contributed by atoms with E-state index in [1.807, 2.05) is 5.41 Å². The molecule has 0 atom stereocenters. The lowest BCUT2D eigenvalue weighted by Gasteiger charge is -2.32. The first-order valence-corrected chi connectivity index (χ1v) is 14.8. The van der Waals surface area contributed by atoms with Crippen LogP contribution in [0.3, 0.4) is 0 Å². The molecular weight excluding hydrogens is 564 g/mol. The first-order chi connectivity index (χ1) is 2.81. The summed E-state index contributed by atoms with van der Waals surface area (Å²) in [5.41, 5.74) is 0. The van der Waals surface area contributed by atoms with Gasteiger partial charge in [-0.05, 0) is 90.2 Å². The number of thiol groups is 1. The lowest BCUT2D eigenvalue weighted by atomic mass is 11.3. The second-order valence-corrected chi connectivity index (χ2v) is 60.2. The molecule has 0 radical (unpaired) electrons. The molecule has 0 aliphatic carbocycles. The van der Waals surface area contributed by atoms with E-state index in [0.717, 1.165) is 0 Å². The molecule has 0 rings (SSSR count). The van der Waals surface area contributed by atoms with Gasteiger partial charge in [-0.2, -0.15) is 0 Å². The van der Waals surface area contributed by atoms with E-state index in [-0.39, 0.29) is 0 Å². The van der Waals surface area contributed by atoms with E-state index < -0.39 is -2.15 Å². The van der Waals surface area contributed by atoms with Gasteiger partial charge in [0.15, 0.2) is 0 Å². The Balaban J connectivity index is 4.10. The summed E-state index contributed by atoms with van der Waals surface area (Å²) in [6, 6.07) is 0.